The van der Waals surface area contributed by atoms with Crippen molar-refractivity contribution in [2.45, 2.75) is 11.3 Å². The van der Waals surface area contributed by atoms with E-state index in [-0.39, 0.29) is 23.8 Å². The largest absolute Gasteiger partial charge is 0.345 e. The Morgan fingerprint density at radius 1 is 1.19 bits per heavy atom. The molecule has 1 amide bonds. The number of sulfonamides is 1. The van der Waals surface area contributed by atoms with Crippen molar-refractivity contribution in [2.24, 2.45) is 0 Å². The lowest BCUT2D eigenvalue weighted by Crippen LogP contribution is -2.49. The first-order valence-electron chi connectivity index (χ1n) is 8.13. The van der Waals surface area contributed by atoms with Gasteiger partial charge in [-0.05, 0) is 24.3 Å². The maximum Gasteiger partial charge on any atom is 0.240 e. The van der Waals surface area contributed by atoms with Crippen LogP contribution >= 0.6 is 11.3 Å². The summed E-state index contributed by atoms with van der Waals surface area (Å²) >= 11 is 1.57. The van der Waals surface area contributed by atoms with Crippen LogP contribution in [0, 0.1) is 5.82 Å². The highest BCUT2D eigenvalue weighted by Gasteiger charge is 2.22. The number of benzene rings is 1. The third kappa shape index (κ3) is 4.57. The fraction of sp³-hybridized carbons (Fsp3) is 0.375. The van der Waals surface area contributed by atoms with Crippen molar-refractivity contribution < 1.29 is 17.6 Å². The third-order valence-corrected chi connectivity index (χ3v) is 6.39. The second-order valence-electron chi connectivity index (χ2n) is 5.78. The summed E-state index contributed by atoms with van der Waals surface area (Å²) < 4.78 is 39.5. The van der Waals surface area contributed by atoms with Crippen LogP contribution in [0.1, 0.15) is 6.42 Å². The molecule has 1 aromatic carbocycles. The van der Waals surface area contributed by atoms with Crippen molar-refractivity contribution in [3.05, 3.63) is 41.7 Å². The van der Waals surface area contributed by atoms with E-state index in [4.69, 9.17) is 0 Å². The molecule has 1 fully saturated rings. The zero-order valence-corrected chi connectivity index (χ0v) is 15.6. The minimum atomic E-state index is -3.74. The molecule has 140 valence electrons. The number of nitrogens with one attached hydrogen (secondary N) is 1. The zero-order chi connectivity index (χ0) is 18.6. The number of carbonyl (C=O) groups is 1. The molecule has 1 aromatic heterocycles. The van der Waals surface area contributed by atoms with Crippen molar-refractivity contribution in [3.63, 3.8) is 0 Å². The number of hydrogen-bond donors (Lipinski definition) is 1. The number of hydrogen-bond acceptors (Lipinski definition) is 6. The first-order chi connectivity index (χ1) is 12.5. The monoisotopic (exact) mass is 398 g/mol. The average molecular weight is 398 g/mol. The van der Waals surface area contributed by atoms with Crippen molar-refractivity contribution >= 4 is 32.4 Å². The molecular weight excluding hydrogens is 379 g/mol. The summed E-state index contributed by atoms with van der Waals surface area (Å²) in [5.41, 5.74) is 0. The first kappa shape index (κ1) is 18.7. The number of carbonyl (C=O) groups excluding carboxylic acids is 1. The molecule has 10 heteroatoms. The highest BCUT2D eigenvalue weighted by molar-refractivity contribution is 7.89. The maximum absolute atomic E-state index is 12.9. The number of rotatable bonds is 6. The van der Waals surface area contributed by atoms with E-state index in [2.05, 4.69) is 14.6 Å². The standard InChI is InChI=1S/C16H19FN4O3S2/c17-13-1-3-14(4-2-13)26(23,24)19-6-5-15(22)20-8-10-21(11-9-20)16-18-7-12-25-16/h1-4,7,12,19H,5-6,8-11H2. The Balaban J connectivity index is 1.45. The SMILES string of the molecule is O=C(CCNS(=O)(=O)c1ccc(F)cc1)N1CCN(c2nccs2)CC1. The van der Waals surface area contributed by atoms with Crippen LogP contribution in [-0.4, -0.2) is 56.9 Å². The minimum absolute atomic E-state index is 0.00520. The van der Waals surface area contributed by atoms with Gasteiger partial charge in [0.1, 0.15) is 5.82 Å². The number of thiazole rings is 1. The van der Waals surface area contributed by atoms with Gasteiger partial charge in [-0.25, -0.2) is 22.5 Å². The fourth-order valence-electron chi connectivity index (χ4n) is 2.67. The van der Waals surface area contributed by atoms with E-state index in [1.165, 1.54) is 12.1 Å². The van der Waals surface area contributed by atoms with Gasteiger partial charge in [0, 0.05) is 50.7 Å². The van der Waals surface area contributed by atoms with E-state index >= 15 is 0 Å². The summed E-state index contributed by atoms with van der Waals surface area (Å²) in [5, 5.41) is 2.87. The summed E-state index contributed by atoms with van der Waals surface area (Å²) in [6, 6.07) is 4.55. The van der Waals surface area contributed by atoms with Crippen LogP contribution in [0.3, 0.4) is 0 Å². The lowest BCUT2D eigenvalue weighted by Gasteiger charge is -2.34. The van der Waals surface area contributed by atoms with Gasteiger partial charge in [0.25, 0.3) is 0 Å². The molecule has 2 aromatic rings. The maximum atomic E-state index is 12.9. The molecule has 1 saturated heterocycles. The van der Waals surface area contributed by atoms with Gasteiger partial charge < -0.3 is 9.80 Å². The predicted octanol–water partition coefficient (Wildman–Crippen LogP) is 1.30. The highest BCUT2D eigenvalue weighted by atomic mass is 32.2. The van der Waals surface area contributed by atoms with Crippen molar-refractivity contribution in [1.29, 1.82) is 0 Å². The molecule has 7 nitrogen and oxygen atoms in total. The highest BCUT2D eigenvalue weighted by Crippen LogP contribution is 2.19. The molecule has 3 rings (SSSR count). The molecule has 2 heterocycles. The van der Waals surface area contributed by atoms with Crippen LogP contribution in [0.25, 0.3) is 0 Å². The Morgan fingerprint density at radius 3 is 2.50 bits per heavy atom. The topological polar surface area (TPSA) is 82.6 Å². The lowest BCUT2D eigenvalue weighted by atomic mass is 10.3. The average Bonchev–Trinajstić information content (AvgIpc) is 3.17. The Morgan fingerprint density at radius 2 is 1.88 bits per heavy atom. The van der Waals surface area contributed by atoms with E-state index in [0.29, 0.717) is 26.2 Å². The Hall–Kier alpha value is -2.04. The van der Waals surface area contributed by atoms with Gasteiger partial charge in [-0.2, -0.15) is 0 Å². The fourth-order valence-corrected chi connectivity index (χ4v) is 4.40. The van der Waals surface area contributed by atoms with Crippen LogP contribution in [0.2, 0.25) is 0 Å². The van der Waals surface area contributed by atoms with Crippen LogP contribution in [0.4, 0.5) is 9.52 Å². The lowest BCUT2D eigenvalue weighted by molar-refractivity contribution is -0.131. The predicted molar refractivity (Wildman–Crippen MR) is 97.1 cm³/mol. The Labute approximate surface area is 155 Å². The molecule has 0 atom stereocenters. The third-order valence-electron chi connectivity index (χ3n) is 4.08. The first-order valence-corrected chi connectivity index (χ1v) is 10.5. The zero-order valence-electron chi connectivity index (χ0n) is 14.0. The van der Waals surface area contributed by atoms with Gasteiger partial charge in [0.2, 0.25) is 15.9 Å². The van der Waals surface area contributed by atoms with Gasteiger partial charge in [0.05, 0.1) is 4.90 Å². The molecular formula is C16H19FN4O3S2. The molecule has 1 N–H and O–H groups in total. The van der Waals surface area contributed by atoms with Gasteiger partial charge in [-0.15, -0.1) is 11.3 Å². The molecule has 0 unspecified atom stereocenters. The smallest absolute Gasteiger partial charge is 0.240 e. The van der Waals surface area contributed by atoms with Gasteiger partial charge in [0.15, 0.2) is 5.13 Å². The van der Waals surface area contributed by atoms with E-state index in [9.17, 15) is 17.6 Å². The molecule has 0 spiro atoms. The van der Waals surface area contributed by atoms with E-state index < -0.39 is 15.8 Å². The van der Waals surface area contributed by atoms with Crippen LogP contribution in [0.5, 0.6) is 0 Å². The summed E-state index contributed by atoms with van der Waals surface area (Å²) in [6.45, 7) is 2.60. The summed E-state index contributed by atoms with van der Waals surface area (Å²) in [7, 11) is -3.74. The van der Waals surface area contributed by atoms with Crippen LogP contribution < -0.4 is 9.62 Å². The summed E-state index contributed by atoms with van der Waals surface area (Å²) in [6.07, 6.45) is 1.84. The minimum Gasteiger partial charge on any atom is -0.345 e. The van der Waals surface area contributed by atoms with E-state index in [1.807, 2.05) is 5.38 Å². The number of anilines is 1. The second-order valence-corrected chi connectivity index (χ2v) is 8.42. The molecule has 1 aliphatic heterocycles. The van der Waals surface area contributed by atoms with Gasteiger partial charge in [-0.1, -0.05) is 0 Å². The normalized spacial score (nSPS) is 15.3. The number of nitrogens with zero attached hydrogens (tertiary/aromatic N) is 3. The van der Waals surface area contributed by atoms with Crippen LogP contribution in [0.15, 0.2) is 40.7 Å². The number of piperazine rings is 1. The van der Waals surface area contributed by atoms with E-state index in [1.54, 1.807) is 22.4 Å². The molecule has 0 aliphatic carbocycles. The number of amides is 1. The summed E-state index contributed by atoms with van der Waals surface area (Å²) in [4.78, 5) is 20.4. The number of halogens is 1. The molecule has 1 aliphatic rings. The van der Waals surface area contributed by atoms with Crippen molar-refractivity contribution in [1.82, 2.24) is 14.6 Å². The van der Waals surface area contributed by atoms with Crippen molar-refractivity contribution in [3.8, 4) is 0 Å². The van der Waals surface area contributed by atoms with Crippen LogP contribution in [-0.2, 0) is 14.8 Å². The van der Waals surface area contributed by atoms with Gasteiger partial charge >= 0.3 is 0 Å². The molecule has 0 saturated carbocycles. The molecule has 26 heavy (non-hydrogen) atoms. The molecule has 0 radical (unpaired) electrons. The van der Waals surface area contributed by atoms with Crippen molar-refractivity contribution in [2.75, 3.05) is 37.6 Å². The van der Waals surface area contributed by atoms with Gasteiger partial charge in [-0.3, -0.25) is 4.79 Å². The second kappa shape index (κ2) is 8.11. The Kier molecular flexibility index (Phi) is 5.84. The molecule has 0 bridgehead atoms. The summed E-state index contributed by atoms with van der Waals surface area (Å²) in [5.74, 6) is -0.596. The number of aromatic nitrogens is 1. The Bertz CT molecular complexity index is 833. The van der Waals surface area contributed by atoms with E-state index in [0.717, 1.165) is 17.3 Å². The quantitative estimate of drug-likeness (QED) is 0.793.